The van der Waals surface area contributed by atoms with Crippen molar-refractivity contribution in [2.45, 2.75) is 32.5 Å². The maximum atomic E-state index is 11.7. The van der Waals surface area contributed by atoms with E-state index in [-0.39, 0.29) is 5.92 Å². The van der Waals surface area contributed by atoms with Crippen molar-refractivity contribution < 1.29 is 14.6 Å². The average molecular weight is 367 g/mol. The zero-order valence-electron chi connectivity index (χ0n) is 12.4. The molecule has 6 heteroatoms. The van der Waals surface area contributed by atoms with Crippen molar-refractivity contribution in [3.8, 4) is 0 Å². The summed E-state index contributed by atoms with van der Waals surface area (Å²) in [5, 5.41) is 11.1. The SMILES string of the molecule is CCOC(O)C1CCc2[nH]c3c(C(N)=O)cc(Br)cc3c2C1. The smallest absolute Gasteiger partial charge is 0.250 e. The largest absolute Gasteiger partial charge is 0.368 e. The van der Waals surface area contributed by atoms with Crippen LogP contribution in [0.5, 0.6) is 0 Å². The molecule has 0 fully saturated rings. The predicted octanol–water partition coefficient (Wildman–Crippen LogP) is 2.49. The summed E-state index contributed by atoms with van der Waals surface area (Å²) in [6.07, 6.45) is 1.67. The fourth-order valence-corrected chi connectivity index (χ4v) is 3.71. The number of hydrogen-bond acceptors (Lipinski definition) is 3. The second-order valence-electron chi connectivity index (χ2n) is 5.67. The molecular formula is C16H19BrN2O3. The summed E-state index contributed by atoms with van der Waals surface area (Å²) >= 11 is 3.44. The van der Waals surface area contributed by atoms with E-state index in [1.54, 1.807) is 6.07 Å². The molecule has 2 unspecified atom stereocenters. The van der Waals surface area contributed by atoms with Gasteiger partial charge in [-0.3, -0.25) is 4.79 Å². The van der Waals surface area contributed by atoms with E-state index >= 15 is 0 Å². The first-order valence-corrected chi connectivity index (χ1v) is 8.23. The molecule has 0 saturated carbocycles. The zero-order valence-corrected chi connectivity index (χ0v) is 13.9. The lowest BCUT2D eigenvalue weighted by atomic mass is 9.86. The van der Waals surface area contributed by atoms with Crippen LogP contribution >= 0.6 is 15.9 Å². The Kier molecular flexibility index (Phi) is 4.25. The standard InChI is InChI=1S/C16H19BrN2O3/c1-2-22-16(21)8-3-4-13-10(5-8)11-6-9(17)7-12(15(18)20)14(11)19-13/h6-8,16,19,21H,2-5H2,1H3,(H2,18,20). The van der Waals surface area contributed by atoms with Gasteiger partial charge in [0.2, 0.25) is 0 Å². The van der Waals surface area contributed by atoms with Crippen LogP contribution < -0.4 is 5.73 Å². The number of halogens is 1. The minimum Gasteiger partial charge on any atom is -0.368 e. The normalized spacial score (nSPS) is 19.1. The second-order valence-corrected chi connectivity index (χ2v) is 6.59. The highest BCUT2D eigenvalue weighted by Crippen LogP contribution is 2.36. The van der Waals surface area contributed by atoms with Crippen molar-refractivity contribution in [3.05, 3.63) is 33.4 Å². The van der Waals surface area contributed by atoms with E-state index < -0.39 is 12.2 Å². The van der Waals surface area contributed by atoms with Gasteiger partial charge < -0.3 is 20.6 Å². The minimum atomic E-state index is -0.745. The number of amides is 1. The summed E-state index contributed by atoms with van der Waals surface area (Å²) < 4.78 is 6.15. The molecule has 1 aliphatic carbocycles. The lowest BCUT2D eigenvalue weighted by Gasteiger charge is -2.26. The highest BCUT2D eigenvalue weighted by atomic mass is 79.9. The van der Waals surface area contributed by atoms with Crippen LogP contribution in [0.4, 0.5) is 0 Å². The molecule has 0 spiro atoms. The van der Waals surface area contributed by atoms with Crippen LogP contribution in [0.1, 0.15) is 35.0 Å². The van der Waals surface area contributed by atoms with Crippen molar-refractivity contribution in [2.24, 2.45) is 11.7 Å². The Balaban J connectivity index is 2.05. The first-order chi connectivity index (χ1) is 10.5. The van der Waals surface area contributed by atoms with Crippen molar-refractivity contribution in [1.82, 2.24) is 4.98 Å². The molecule has 22 heavy (non-hydrogen) atoms. The summed E-state index contributed by atoms with van der Waals surface area (Å²) in [4.78, 5) is 15.0. The van der Waals surface area contributed by atoms with Crippen LogP contribution in [-0.4, -0.2) is 28.9 Å². The number of ether oxygens (including phenoxy) is 1. The van der Waals surface area contributed by atoms with Gasteiger partial charge in [0.25, 0.3) is 5.91 Å². The Morgan fingerprint density at radius 2 is 2.36 bits per heavy atom. The third-order valence-electron chi connectivity index (χ3n) is 4.31. The Labute approximate surface area is 137 Å². The number of primary amides is 1. The molecule has 118 valence electrons. The van der Waals surface area contributed by atoms with Crippen molar-refractivity contribution in [3.63, 3.8) is 0 Å². The highest BCUT2D eigenvalue weighted by Gasteiger charge is 2.28. The number of hydrogen-bond donors (Lipinski definition) is 3. The Morgan fingerprint density at radius 1 is 1.59 bits per heavy atom. The molecule has 0 radical (unpaired) electrons. The average Bonchev–Trinajstić information content (AvgIpc) is 2.84. The number of nitrogens with two attached hydrogens (primary N) is 1. The lowest BCUT2D eigenvalue weighted by Crippen LogP contribution is -2.28. The fraction of sp³-hybridized carbons (Fsp3) is 0.438. The number of aliphatic hydroxyl groups excluding tert-OH is 1. The van der Waals surface area contributed by atoms with Gasteiger partial charge in [-0.2, -0.15) is 0 Å². The minimum absolute atomic E-state index is 0.0717. The molecule has 1 heterocycles. The van der Waals surface area contributed by atoms with Crippen LogP contribution in [0.3, 0.4) is 0 Å². The van der Waals surface area contributed by atoms with Gasteiger partial charge in [-0.05, 0) is 43.9 Å². The van der Waals surface area contributed by atoms with Gasteiger partial charge in [0.05, 0.1) is 11.1 Å². The van der Waals surface area contributed by atoms with E-state index in [2.05, 4.69) is 20.9 Å². The molecule has 5 nitrogen and oxygen atoms in total. The van der Waals surface area contributed by atoms with Crippen molar-refractivity contribution >= 4 is 32.7 Å². The number of fused-ring (bicyclic) bond motifs is 3. The van der Waals surface area contributed by atoms with Gasteiger partial charge in [0, 0.05) is 28.1 Å². The van der Waals surface area contributed by atoms with Gasteiger partial charge in [-0.1, -0.05) is 15.9 Å². The molecule has 0 aliphatic heterocycles. The summed E-state index contributed by atoms with van der Waals surface area (Å²) in [6.45, 7) is 2.37. The predicted molar refractivity (Wildman–Crippen MR) is 87.7 cm³/mol. The van der Waals surface area contributed by atoms with Crippen LogP contribution in [-0.2, 0) is 17.6 Å². The Morgan fingerprint density at radius 3 is 3.05 bits per heavy atom. The van der Waals surface area contributed by atoms with Crippen LogP contribution in [0.2, 0.25) is 0 Å². The number of carbonyl (C=O) groups excluding carboxylic acids is 1. The van der Waals surface area contributed by atoms with Crippen molar-refractivity contribution in [2.75, 3.05) is 6.61 Å². The van der Waals surface area contributed by atoms with Crippen molar-refractivity contribution in [1.29, 1.82) is 0 Å². The Bertz CT molecular complexity index is 726. The number of aromatic nitrogens is 1. The van der Waals surface area contributed by atoms with E-state index in [4.69, 9.17) is 10.5 Å². The lowest BCUT2D eigenvalue weighted by molar-refractivity contribution is -0.132. The summed E-state index contributed by atoms with van der Waals surface area (Å²) in [7, 11) is 0. The molecular weight excluding hydrogens is 348 g/mol. The first kappa shape index (κ1) is 15.5. The third kappa shape index (κ3) is 2.66. The van der Waals surface area contributed by atoms with Gasteiger partial charge >= 0.3 is 0 Å². The fourth-order valence-electron chi connectivity index (χ4n) is 3.25. The topological polar surface area (TPSA) is 88.3 Å². The second kappa shape index (κ2) is 6.02. The molecule has 1 aliphatic rings. The molecule has 4 N–H and O–H groups in total. The summed E-state index contributed by atoms with van der Waals surface area (Å²) in [6, 6.07) is 3.73. The zero-order chi connectivity index (χ0) is 15.9. The monoisotopic (exact) mass is 366 g/mol. The molecule has 0 bridgehead atoms. The van der Waals surface area contributed by atoms with Gasteiger partial charge in [-0.25, -0.2) is 0 Å². The number of H-pyrrole nitrogens is 1. The third-order valence-corrected chi connectivity index (χ3v) is 4.76. The maximum Gasteiger partial charge on any atom is 0.250 e. The number of aromatic amines is 1. The van der Waals surface area contributed by atoms with Crippen LogP contribution in [0, 0.1) is 5.92 Å². The quantitative estimate of drug-likeness (QED) is 0.726. The molecule has 2 atom stereocenters. The molecule has 1 amide bonds. The molecule has 1 aromatic heterocycles. The molecule has 2 aromatic rings. The first-order valence-electron chi connectivity index (χ1n) is 7.43. The van der Waals surface area contributed by atoms with Gasteiger partial charge in [0.15, 0.2) is 6.29 Å². The summed E-state index contributed by atoms with van der Waals surface area (Å²) in [5.41, 5.74) is 9.02. The molecule has 1 aromatic carbocycles. The van der Waals surface area contributed by atoms with Gasteiger partial charge in [-0.15, -0.1) is 0 Å². The number of aryl methyl sites for hydroxylation is 1. The number of benzene rings is 1. The van der Waals surface area contributed by atoms with Crippen LogP contribution in [0.15, 0.2) is 16.6 Å². The maximum absolute atomic E-state index is 11.7. The van der Waals surface area contributed by atoms with E-state index in [1.165, 1.54) is 0 Å². The molecule has 0 saturated heterocycles. The van der Waals surface area contributed by atoms with Crippen LogP contribution in [0.25, 0.3) is 10.9 Å². The van der Waals surface area contributed by atoms with E-state index in [0.29, 0.717) is 12.2 Å². The number of rotatable bonds is 4. The number of aliphatic hydroxyl groups is 1. The number of carbonyl (C=O) groups is 1. The molecule has 3 rings (SSSR count). The Hall–Kier alpha value is -1.37. The highest BCUT2D eigenvalue weighted by molar-refractivity contribution is 9.10. The van der Waals surface area contributed by atoms with E-state index in [9.17, 15) is 9.90 Å². The number of nitrogens with one attached hydrogen (secondary N) is 1. The van der Waals surface area contributed by atoms with E-state index in [0.717, 1.165) is 45.9 Å². The summed E-state index contributed by atoms with van der Waals surface area (Å²) in [5.74, 6) is -0.377. The van der Waals surface area contributed by atoms with Gasteiger partial charge in [0.1, 0.15) is 0 Å². The van der Waals surface area contributed by atoms with E-state index in [1.807, 2.05) is 13.0 Å².